The number of hydrogen-bond acceptors (Lipinski definition) is 2. The van der Waals surface area contributed by atoms with Crippen molar-refractivity contribution in [1.29, 1.82) is 0 Å². The molecular weight excluding hydrogens is 274 g/mol. The smallest absolute Gasteiger partial charge is 0.254 e. The molecule has 0 saturated heterocycles. The third-order valence-corrected chi connectivity index (χ3v) is 4.16. The van der Waals surface area contributed by atoms with E-state index in [9.17, 15) is 4.79 Å². The molecule has 0 N–H and O–H groups in total. The molecule has 4 heteroatoms. The van der Waals surface area contributed by atoms with Crippen LogP contribution in [0.5, 0.6) is 0 Å². The average Bonchev–Trinajstić information content (AvgIpc) is 2.95. The molecule has 0 spiro atoms. The summed E-state index contributed by atoms with van der Waals surface area (Å²) in [7, 11) is 0. The lowest BCUT2D eigenvalue weighted by Gasteiger charge is -2.19. The zero-order valence-electron chi connectivity index (χ0n) is 8.70. The minimum Gasteiger partial charge on any atom is -0.339 e. The first kappa shape index (κ1) is 11.1. The molecule has 2 rings (SSSR count). The van der Waals surface area contributed by atoms with E-state index in [0.717, 1.165) is 28.4 Å². The molecule has 0 unspecified atom stereocenters. The molecule has 0 bridgehead atoms. The summed E-state index contributed by atoms with van der Waals surface area (Å²) in [6.45, 7) is 3.79. The van der Waals surface area contributed by atoms with E-state index in [4.69, 9.17) is 0 Å². The van der Waals surface area contributed by atoms with E-state index >= 15 is 0 Å². The van der Waals surface area contributed by atoms with Crippen molar-refractivity contribution >= 4 is 33.2 Å². The Balaban J connectivity index is 2.03. The zero-order chi connectivity index (χ0) is 10.8. The molecule has 0 radical (unpaired) electrons. The number of halogens is 1. The van der Waals surface area contributed by atoms with Gasteiger partial charge in [-0.25, -0.2) is 0 Å². The Morgan fingerprint density at radius 1 is 1.67 bits per heavy atom. The number of amides is 1. The molecule has 0 aliphatic heterocycles. The summed E-state index contributed by atoms with van der Waals surface area (Å²) in [6.07, 6.45) is 2.58. The topological polar surface area (TPSA) is 20.3 Å². The van der Waals surface area contributed by atoms with Gasteiger partial charge in [-0.2, -0.15) is 0 Å². The second-order valence-corrected chi connectivity index (χ2v) is 6.22. The van der Waals surface area contributed by atoms with Crippen molar-refractivity contribution < 1.29 is 4.79 Å². The number of rotatable bonds is 4. The molecule has 1 aliphatic rings. The molecule has 1 aromatic rings. The largest absolute Gasteiger partial charge is 0.339 e. The van der Waals surface area contributed by atoms with Crippen molar-refractivity contribution in [3.8, 4) is 0 Å². The highest BCUT2D eigenvalue weighted by molar-refractivity contribution is 9.11. The van der Waals surface area contributed by atoms with E-state index in [1.54, 1.807) is 11.3 Å². The standard InChI is InChI=1S/C11H14BrNOS/c1-2-13(6-8-3-4-8)11(14)9-5-10(12)15-7-9/h5,7-8H,2-4,6H2,1H3. The first-order valence-electron chi connectivity index (χ1n) is 5.24. The Labute approximate surface area is 102 Å². The molecule has 2 nitrogen and oxygen atoms in total. The molecule has 82 valence electrons. The lowest BCUT2D eigenvalue weighted by atomic mass is 10.2. The van der Waals surface area contributed by atoms with Crippen LogP contribution in [0.4, 0.5) is 0 Å². The Morgan fingerprint density at radius 3 is 2.87 bits per heavy atom. The van der Waals surface area contributed by atoms with Gasteiger partial charge in [-0.1, -0.05) is 0 Å². The second-order valence-electron chi connectivity index (χ2n) is 3.93. The third kappa shape index (κ3) is 2.82. The van der Waals surface area contributed by atoms with E-state index in [1.165, 1.54) is 12.8 Å². The lowest BCUT2D eigenvalue weighted by molar-refractivity contribution is 0.0757. The molecule has 1 aromatic heterocycles. The first-order chi connectivity index (χ1) is 7.20. The van der Waals surface area contributed by atoms with Gasteiger partial charge in [0.25, 0.3) is 5.91 Å². The van der Waals surface area contributed by atoms with Gasteiger partial charge < -0.3 is 4.90 Å². The number of hydrogen-bond donors (Lipinski definition) is 0. The Kier molecular flexibility index (Phi) is 3.46. The summed E-state index contributed by atoms with van der Waals surface area (Å²) >= 11 is 4.95. The fraction of sp³-hybridized carbons (Fsp3) is 0.545. The molecule has 1 amide bonds. The van der Waals surface area contributed by atoms with Gasteiger partial charge in [0.15, 0.2) is 0 Å². The number of carbonyl (C=O) groups excluding carboxylic acids is 1. The number of carbonyl (C=O) groups is 1. The third-order valence-electron chi connectivity index (χ3n) is 2.66. The fourth-order valence-corrected chi connectivity index (χ4v) is 2.70. The SMILES string of the molecule is CCN(CC1CC1)C(=O)c1csc(Br)c1. The summed E-state index contributed by atoms with van der Waals surface area (Å²) in [5.41, 5.74) is 0.814. The van der Waals surface area contributed by atoms with Crippen molar-refractivity contribution in [3.05, 3.63) is 20.8 Å². The predicted molar refractivity (Wildman–Crippen MR) is 66.3 cm³/mol. The van der Waals surface area contributed by atoms with E-state index < -0.39 is 0 Å². The van der Waals surface area contributed by atoms with Crippen molar-refractivity contribution in [2.75, 3.05) is 13.1 Å². The maximum Gasteiger partial charge on any atom is 0.254 e. The van der Waals surface area contributed by atoms with Crippen LogP contribution in [0.3, 0.4) is 0 Å². The van der Waals surface area contributed by atoms with Crippen LogP contribution in [0.1, 0.15) is 30.1 Å². The monoisotopic (exact) mass is 287 g/mol. The second kappa shape index (κ2) is 4.66. The maximum atomic E-state index is 12.1. The molecule has 1 saturated carbocycles. The van der Waals surface area contributed by atoms with Gasteiger partial charge in [0.2, 0.25) is 0 Å². The number of thiophene rings is 1. The molecular formula is C11H14BrNOS. The van der Waals surface area contributed by atoms with E-state index in [1.807, 2.05) is 23.3 Å². The summed E-state index contributed by atoms with van der Waals surface area (Å²) in [6, 6.07) is 1.91. The normalized spacial score (nSPS) is 15.3. The van der Waals surface area contributed by atoms with Gasteiger partial charge in [-0.15, -0.1) is 11.3 Å². The fourth-order valence-electron chi connectivity index (χ4n) is 1.57. The summed E-state index contributed by atoms with van der Waals surface area (Å²) in [5, 5.41) is 1.92. The minimum atomic E-state index is 0.173. The van der Waals surface area contributed by atoms with Gasteiger partial charge in [0.1, 0.15) is 0 Å². The zero-order valence-corrected chi connectivity index (χ0v) is 11.1. The summed E-state index contributed by atoms with van der Waals surface area (Å²) in [5.74, 6) is 0.933. The van der Waals surface area contributed by atoms with Crippen LogP contribution in [0.25, 0.3) is 0 Å². The lowest BCUT2D eigenvalue weighted by Crippen LogP contribution is -2.32. The first-order valence-corrected chi connectivity index (χ1v) is 6.91. The number of nitrogens with zero attached hydrogens (tertiary/aromatic N) is 1. The molecule has 0 atom stereocenters. The molecule has 1 heterocycles. The van der Waals surface area contributed by atoms with Gasteiger partial charge >= 0.3 is 0 Å². The van der Waals surface area contributed by atoms with E-state index in [0.29, 0.717) is 0 Å². The van der Waals surface area contributed by atoms with Gasteiger partial charge in [0, 0.05) is 18.5 Å². The van der Waals surface area contributed by atoms with Crippen molar-refractivity contribution in [2.45, 2.75) is 19.8 Å². The van der Waals surface area contributed by atoms with Crippen molar-refractivity contribution in [3.63, 3.8) is 0 Å². The van der Waals surface area contributed by atoms with Crippen LogP contribution in [-0.2, 0) is 0 Å². The van der Waals surface area contributed by atoms with Crippen LogP contribution in [-0.4, -0.2) is 23.9 Å². The highest BCUT2D eigenvalue weighted by atomic mass is 79.9. The Bertz CT molecular complexity index is 359. The van der Waals surface area contributed by atoms with Crippen LogP contribution < -0.4 is 0 Å². The molecule has 1 fully saturated rings. The quantitative estimate of drug-likeness (QED) is 0.831. The van der Waals surface area contributed by atoms with E-state index in [2.05, 4.69) is 15.9 Å². The van der Waals surface area contributed by atoms with Gasteiger partial charge in [-0.3, -0.25) is 4.79 Å². The van der Waals surface area contributed by atoms with E-state index in [-0.39, 0.29) is 5.91 Å². The highest BCUT2D eigenvalue weighted by Gasteiger charge is 2.26. The molecule has 15 heavy (non-hydrogen) atoms. The van der Waals surface area contributed by atoms with Gasteiger partial charge in [0.05, 0.1) is 9.35 Å². The predicted octanol–water partition coefficient (Wildman–Crippen LogP) is 3.38. The van der Waals surface area contributed by atoms with Crippen LogP contribution in [0.15, 0.2) is 15.2 Å². The van der Waals surface area contributed by atoms with Gasteiger partial charge in [-0.05, 0) is 47.7 Å². The van der Waals surface area contributed by atoms with Crippen molar-refractivity contribution in [1.82, 2.24) is 4.90 Å². The highest BCUT2D eigenvalue weighted by Crippen LogP contribution is 2.30. The van der Waals surface area contributed by atoms with Crippen LogP contribution in [0, 0.1) is 5.92 Å². The maximum absolute atomic E-state index is 12.1. The Morgan fingerprint density at radius 2 is 2.40 bits per heavy atom. The average molecular weight is 288 g/mol. The Hall–Kier alpha value is -0.350. The van der Waals surface area contributed by atoms with Crippen molar-refractivity contribution in [2.24, 2.45) is 5.92 Å². The van der Waals surface area contributed by atoms with Crippen LogP contribution >= 0.6 is 27.3 Å². The summed E-state index contributed by atoms with van der Waals surface area (Å²) in [4.78, 5) is 14.0. The molecule has 0 aromatic carbocycles. The summed E-state index contributed by atoms with van der Waals surface area (Å²) < 4.78 is 1.02. The van der Waals surface area contributed by atoms with Crippen LogP contribution in [0.2, 0.25) is 0 Å². The molecule has 1 aliphatic carbocycles. The minimum absolute atomic E-state index is 0.173.